The van der Waals surface area contributed by atoms with Crippen molar-refractivity contribution in [1.82, 2.24) is 0 Å². The molecule has 4 nitrogen and oxygen atoms in total. The van der Waals surface area contributed by atoms with E-state index in [1.165, 1.54) is 30.4 Å². The topological polar surface area (TPSA) is 58.2 Å². The summed E-state index contributed by atoms with van der Waals surface area (Å²) in [6.07, 6.45) is -1.94. The lowest BCUT2D eigenvalue weighted by atomic mass is 10.1. The van der Waals surface area contributed by atoms with Crippen molar-refractivity contribution in [3.05, 3.63) is 51.7 Å². The second-order valence-corrected chi connectivity index (χ2v) is 6.18. The number of hydrogen-bond donors (Lipinski definition) is 2. The number of hydrogen-bond acceptors (Lipinski definition) is 3. The highest BCUT2D eigenvalue weighted by atomic mass is 32.1. The molecule has 1 aromatic carbocycles. The molecule has 0 unspecified atom stereocenters. The Morgan fingerprint density at radius 1 is 1.16 bits per heavy atom. The Hall–Kier alpha value is -2.61. The maximum atomic E-state index is 13.2. The van der Waals surface area contributed by atoms with Crippen molar-refractivity contribution in [3.63, 3.8) is 0 Å². The highest BCUT2D eigenvalue weighted by Gasteiger charge is 2.34. The van der Waals surface area contributed by atoms with Crippen LogP contribution in [0.15, 0.2) is 35.7 Å². The van der Waals surface area contributed by atoms with Gasteiger partial charge < -0.3 is 10.6 Å². The molecule has 0 aliphatic carbocycles. The van der Waals surface area contributed by atoms with E-state index in [2.05, 4.69) is 10.6 Å². The maximum Gasteiger partial charge on any atom is 0.418 e. The van der Waals surface area contributed by atoms with Crippen LogP contribution in [0, 0.1) is 6.92 Å². The molecule has 2 aromatic rings. The van der Waals surface area contributed by atoms with E-state index >= 15 is 0 Å². The van der Waals surface area contributed by atoms with E-state index in [1.807, 2.05) is 18.4 Å². The zero-order valence-corrected chi connectivity index (χ0v) is 14.2. The number of nitrogens with one attached hydrogen (secondary N) is 2. The molecule has 0 saturated carbocycles. The molecule has 25 heavy (non-hydrogen) atoms. The number of amides is 2. The molecule has 0 spiro atoms. The average Bonchev–Trinajstić information content (AvgIpc) is 2.90. The first-order valence-corrected chi connectivity index (χ1v) is 8.07. The number of aryl methyl sites for hydroxylation is 1. The van der Waals surface area contributed by atoms with Gasteiger partial charge in [0.15, 0.2) is 0 Å². The van der Waals surface area contributed by atoms with E-state index in [-0.39, 0.29) is 11.4 Å². The molecule has 0 bridgehead atoms. The number of carbonyl (C=O) groups is 2. The Labute approximate surface area is 146 Å². The van der Waals surface area contributed by atoms with Gasteiger partial charge in [0.05, 0.1) is 11.3 Å². The summed E-state index contributed by atoms with van der Waals surface area (Å²) in [4.78, 5) is 23.8. The van der Waals surface area contributed by atoms with Crippen molar-refractivity contribution in [1.29, 1.82) is 0 Å². The minimum atomic E-state index is -4.68. The quantitative estimate of drug-likeness (QED) is 0.770. The van der Waals surface area contributed by atoms with E-state index in [4.69, 9.17) is 0 Å². The Morgan fingerprint density at radius 2 is 1.88 bits per heavy atom. The summed E-state index contributed by atoms with van der Waals surface area (Å²) in [6, 6.07) is 5.06. The van der Waals surface area contributed by atoms with Gasteiger partial charge in [0.25, 0.3) is 0 Å². The molecule has 0 aliphatic rings. The highest BCUT2D eigenvalue weighted by molar-refractivity contribution is 7.11. The lowest BCUT2D eigenvalue weighted by Crippen LogP contribution is -2.16. The lowest BCUT2D eigenvalue weighted by molar-refractivity contribution is -0.137. The van der Waals surface area contributed by atoms with Gasteiger partial charge in [-0.15, -0.1) is 11.3 Å². The molecular formula is C17H15F3N2O2S. The van der Waals surface area contributed by atoms with Gasteiger partial charge in [-0.3, -0.25) is 9.59 Å². The van der Waals surface area contributed by atoms with E-state index in [1.54, 1.807) is 6.08 Å². The summed E-state index contributed by atoms with van der Waals surface area (Å²) in [7, 11) is 0. The summed E-state index contributed by atoms with van der Waals surface area (Å²) in [5.74, 6) is -1.16. The molecule has 1 aromatic heterocycles. The number of anilines is 2. The molecule has 0 radical (unpaired) electrons. The van der Waals surface area contributed by atoms with Crippen LogP contribution in [0.3, 0.4) is 0 Å². The molecule has 0 atom stereocenters. The van der Waals surface area contributed by atoms with Gasteiger partial charge in [-0.2, -0.15) is 13.2 Å². The van der Waals surface area contributed by atoms with E-state index < -0.39 is 23.6 Å². The zero-order chi connectivity index (χ0) is 18.6. The Kier molecular flexibility index (Phi) is 5.63. The second-order valence-electron chi connectivity index (χ2n) is 5.23. The molecule has 132 valence electrons. The number of rotatable bonds is 4. The summed E-state index contributed by atoms with van der Waals surface area (Å²) >= 11 is 1.43. The van der Waals surface area contributed by atoms with Gasteiger partial charge in [-0.1, -0.05) is 0 Å². The largest absolute Gasteiger partial charge is 0.418 e. The van der Waals surface area contributed by atoms with Crippen LogP contribution in [0.25, 0.3) is 6.08 Å². The molecular weight excluding hydrogens is 353 g/mol. The Bertz CT molecular complexity index is 826. The third-order valence-electron chi connectivity index (χ3n) is 3.19. The number of thiophene rings is 1. The fourth-order valence-electron chi connectivity index (χ4n) is 2.05. The van der Waals surface area contributed by atoms with Crippen LogP contribution < -0.4 is 10.6 Å². The SMILES string of the molecule is CC(=O)Nc1ccc(NC(=O)/C=C/c2sccc2C)c(C(F)(F)F)c1. The molecule has 0 aliphatic heterocycles. The van der Waals surface area contributed by atoms with E-state index in [0.29, 0.717) is 0 Å². The molecule has 0 fully saturated rings. The molecule has 0 saturated heterocycles. The lowest BCUT2D eigenvalue weighted by Gasteiger charge is -2.15. The van der Waals surface area contributed by atoms with Crippen molar-refractivity contribution in [2.24, 2.45) is 0 Å². The van der Waals surface area contributed by atoms with Crippen LogP contribution in [0.1, 0.15) is 22.9 Å². The molecule has 8 heteroatoms. The van der Waals surface area contributed by atoms with Gasteiger partial charge in [-0.25, -0.2) is 0 Å². The summed E-state index contributed by atoms with van der Waals surface area (Å²) < 4.78 is 39.6. The Balaban J connectivity index is 2.23. The predicted molar refractivity (Wildman–Crippen MR) is 92.5 cm³/mol. The number of halogens is 3. The van der Waals surface area contributed by atoms with Crippen molar-refractivity contribution in [3.8, 4) is 0 Å². The van der Waals surface area contributed by atoms with Gasteiger partial charge in [0, 0.05) is 23.6 Å². The smallest absolute Gasteiger partial charge is 0.326 e. The van der Waals surface area contributed by atoms with E-state index in [0.717, 1.165) is 22.6 Å². The summed E-state index contributed by atoms with van der Waals surface area (Å²) in [5.41, 5.74) is -0.431. The average molecular weight is 368 g/mol. The fraction of sp³-hybridized carbons (Fsp3) is 0.176. The van der Waals surface area contributed by atoms with Crippen LogP contribution in [0.2, 0.25) is 0 Å². The Morgan fingerprint density at radius 3 is 2.44 bits per heavy atom. The van der Waals surface area contributed by atoms with Crippen LogP contribution in [0.4, 0.5) is 24.5 Å². The highest BCUT2D eigenvalue weighted by Crippen LogP contribution is 2.36. The normalized spacial score (nSPS) is 11.6. The van der Waals surface area contributed by atoms with Crippen LogP contribution >= 0.6 is 11.3 Å². The first-order valence-electron chi connectivity index (χ1n) is 7.19. The maximum absolute atomic E-state index is 13.2. The molecule has 2 rings (SSSR count). The number of benzene rings is 1. The minimum absolute atomic E-state index is 0.00239. The van der Waals surface area contributed by atoms with Crippen molar-refractivity contribution in [2.75, 3.05) is 10.6 Å². The molecule has 1 heterocycles. The van der Waals surface area contributed by atoms with Crippen molar-refractivity contribution < 1.29 is 22.8 Å². The minimum Gasteiger partial charge on any atom is -0.326 e. The standard InChI is InChI=1S/C17H15F3N2O2S/c1-10-7-8-25-15(10)5-6-16(24)22-14-4-3-12(21-11(2)23)9-13(14)17(18,19)20/h3-9H,1-2H3,(H,21,23)(H,22,24)/b6-5+. The first-order chi connectivity index (χ1) is 11.7. The second kappa shape index (κ2) is 7.52. The van der Waals surface area contributed by atoms with Gasteiger partial charge in [0.2, 0.25) is 11.8 Å². The summed E-state index contributed by atoms with van der Waals surface area (Å²) in [5, 5.41) is 6.37. The number of alkyl halides is 3. The van der Waals surface area contributed by atoms with Crippen molar-refractivity contribution in [2.45, 2.75) is 20.0 Å². The van der Waals surface area contributed by atoms with Crippen LogP contribution in [0.5, 0.6) is 0 Å². The van der Waals surface area contributed by atoms with Gasteiger partial charge in [-0.05, 0) is 48.2 Å². The summed E-state index contributed by atoms with van der Waals surface area (Å²) in [6.45, 7) is 3.07. The molecule has 2 N–H and O–H groups in total. The third-order valence-corrected chi connectivity index (χ3v) is 4.18. The first kappa shape index (κ1) is 18.7. The zero-order valence-electron chi connectivity index (χ0n) is 13.4. The van der Waals surface area contributed by atoms with Crippen LogP contribution in [-0.2, 0) is 15.8 Å². The van der Waals surface area contributed by atoms with Gasteiger partial charge >= 0.3 is 6.18 Å². The van der Waals surface area contributed by atoms with E-state index in [9.17, 15) is 22.8 Å². The predicted octanol–water partition coefficient (Wildman–Crippen LogP) is 4.69. The monoisotopic (exact) mass is 368 g/mol. The third kappa shape index (κ3) is 5.18. The molecule has 2 amide bonds. The number of carbonyl (C=O) groups excluding carboxylic acids is 2. The van der Waals surface area contributed by atoms with Gasteiger partial charge in [0.1, 0.15) is 0 Å². The van der Waals surface area contributed by atoms with Crippen LogP contribution in [-0.4, -0.2) is 11.8 Å². The van der Waals surface area contributed by atoms with Crippen molar-refractivity contribution >= 4 is 40.6 Å². The fourth-order valence-corrected chi connectivity index (χ4v) is 2.87.